The minimum absolute atomic E-state index is 0.717. The Hall–Kier alpha value is -2.07. The Morgan fingerprint density at radius 1 is 0.789 bits per heavy atom. The second-order valence-corrected chi connectivity index (χ2v) is 4.96. The van der Waals surface area contributed by atoms with Crippen LogP contribution in [0.1, 0.15) is 0 Å². The van der Waals surface area contributed by atoms with E-state index in [1.807, 2.05) is 30.5 Å². The van der Waals surface area contributed by atoms with Crippen molar-refractivity contribution < 1.29 is 0 Å². The molecule has 3 rings (SSSR count). The molecular formula is C15H10BrN3. The fourth-order valence-corrected chi connectivity index (χ4v) is 2.04. The summed E-state index contributed by atoms with van der Waals surface area (Å²) in [6.45, 7) is 0. The molecule has 0 bridgehead atoms. The van der Waals surface area contributed by atoms with Gasteiger partial charge < -0.3 is 0 Å². The van der Waals surface area contributed by atoms with Gasteiger partial charge in [-0.2, -0.15) is 0 Å². The quantitative estimate of drug-likeness (QED) is 0.719. The molecule has 92 valence electrons. The van der Waals surface area contributed by atoms with Crippen molar-refractivity contribution >= 4 is 15.9 Å². The topological polar surface area (TPSA) is 38.7 Å². The zero-order valence-electron chi connectivity index (χ0n) is 9.99. The first-order chi connectivity index (χ1) is 9.33. The fourth-order valence-electron chi connectivity index (χ4n) is 1.83. The molecular weight excluding hydrogens is 302 g/mol. The largest absolute Gasteiger partial charge is 0.264 e. The molecule has 0 N–H and O–H groups in total. The van der Waals surface area contributed by atoms with Crippen LogP contribution in [0, 0.1) is 0 Å². The summed E-state index contributed by atoms with van der Waals surface area (Å²) in [5.41, 5.74) is 3.19. The molecule has 0 atom stereocenters. The number of rotatable bonds is 2. The van der Waals surface area contributed by atoms with Crippen molar-refractivity contribution in [3.63, 3.8) is 0 Å². The Labute approximate surface area is 119 Å². The highest BCUT2D eigenvalue weighted by Crippen LogP contribution is 2.23. The van der Waals surface area contributed by atoms with Crippen LogP contribution in [0.3, 0.4) is 0 Å². The third-order valence-electron chi connectivity index (χ3n) is 2.74. The van der Waals surface area contributed by atoms with Gasteiger partial charge in [-0.3, -0.25) is 4.98 Å². The van der Waals surface area contributed by atoms with E-state index in [-0.39, 0.29) is 0 Å². The lowest BCUT2D eigenvalue weighted by Crippen LogP contribution is -1.88. The maximum atomic E-state index is 4.31. The van der Waals surface area contributed by atoms with E-state index in [4.69, 9.17) is 0 Å². The van der Waals surface area contributed by atoms with Crippen LogP contribution in [-0.2, 0) is 0 Å². The monoisotopic (exact) mass is 311 g/mol. The SMILES string of the molecule is Brc1cnc(-c2cccc(-c3cccnc3)c2)nc1. The van der Waals surface area contributed by atoms with Crippen LogP contribution in [0.5, 0.6) is 0 Å². The summed E-state index contributed by atoms with van der Waals surface area (Å²) >= 11 is 3.34. The number of aromatic nitrogens is 3. The Morgan fingerprint density at radius 2 is 1.53 bits per heavy atom. The average molecular weight is 312 g/mol. The first-order valence-electron chi connectivity index (χ1n) is 5.81. The third kappa shape index (κ3) is 2.69. The van der Waals surface area contributed by atoms with E-state index in [9.17, 15) is 0 Å². The summed E-state index contributed by atoms with van der Waals surface area (Å²) in [6, 6.07) is 12.1. The molecule has 2 aromatic heterocycles. The summed E-state index contributed by atoms with van der Waals surface area (Å²) in [4.78, 5) is 12.8. The Morgan fingerprint density at radius 3 is 2.26 bits per heavy atom. The van der Waals surface area contributed by atoms with Crippen molar-refractivity contribution in [3.05, 3.63) is 65.7 Å². The standard InChI is InChI=1S/C15H10BrN3/c16-14-9-18-15(19-10-14)12-4-1-3-11(7-12)13-5-2-6-17-8-13/h1-10H. The van der Waals surface area contributed by atoms with E-state index in [2.05, 4.69) is 43.0 Å². The van der Waals surface area contributed by atoms with Gasteiger partial charge in [-0.25, -0.2) is 9.97 Å². The molecule has 2 heterocycles. The molecule has 0 saturated heterocycles. The van der Waals surface area contributed by atoms with E-state index in [1.165, 1.54) is 0 Å². The van der Waals surface area contributed by atoms with Gasteiger partial charge in [0.15, 0.2) is 5.82 Å². The minimum Gasteiger partial charge on any atom is -0.264 e. The van der Waals surface area contributed by atoms with Gasteiger partial charge in [0.1, 0.15) is 0 Å². The molecule has 0 aliphatic carbocycles. The van der Waals surface area contributed by atoms with Gasteiger partial charge in [0.2, 0.25) is 0 Å². The van der Waals surface area contributed by atoms with E-state index in [1.54, 1.807) is 18.6 Å². The van der Waals surface area contributed by atoms with Crippen LogP contribution in [0.25, 0.3) is 22.5 Å². The second kappa shape index (κ2) is 5.28. The summed E-state index contributed by atoms with van der Waals surface area (Å²) in [6.07, 6.45) is 7.12. The Bertz CT molecular complexity index is 681. The van der Waals surface area contributed by atoms with E-state index < -0.39 is 0 Å². The van der Waals surface area contributed by atoms with E-state index in [0.717, 1.165) is 21.2 Å². The molecule has 0 saturated carbocycles. The van der Waals surface area contributed by atoms with Crippen LogP contribution in [-0.4, -0.2) is 15.0 Å². The van der Waals surface area contributed by atoms with Gasteiger partial charge in [-0.05, 0) is 33.6 Å². The zero-order valence-corrected chi connectivity index (χ0v) is 11.6. The molecule has 0 fully saturated rings. The summed E-state index contributed by atoms with van der Waals surface area (Å²) in [7, 11) is 0. The smallest absolute Gasteiger partial charge is 0.159 e. The molecule has 3 nitrogen and oxygen atoms in total. The molecule has 1 aromatic carbocycles. The highest BCUT2D eigenvalue weighted by atomic mass is 79.9. The maximum absolute atomic E-state index is 4.31. The Balaban J connectivity index is 2.03. The second-order valence-electron chi connectivity index (χ2n) is 4.05. The van der Waals surface area contributed by atoms with Gasteiger partial charge >= 0.3 is 0 Å². The van der Waals surface area contributed by atoms with Gasteiger partial charge in [0, 0.05) is 35.9 Å². The predicted molar refractivity (Wildman–Crippen MR) is 78.4 cm³/mol. The first kappa shape index (κ1) is 12.0. The highest BCUT2D eigenvalue weighted by molar-refractivity contribution is 9.10. The number of benzene rings is 1. The molecule has 0 aliphatic heterocycles. The lowest BCUT2D eigenvalue weighted by Gasteiger charge is -2.04. The Kier molecular flexibility index (Phi) is 3.33. The molecule has 3 aromatic rings. The fraction of sp³-hybridized carbons (Fsp3) is 0. The van der Waals surface area contributed by atoms with Crippen molar-refractivity contribution in [1.82, 2.24) is 15.0 Å². The van der Waals surface area contributed by atoms with Crippen LogP contribution in [0.2, 0.25) is 0 Å². The van der Waals surface area contributed by atoms with Gasteiger partial charge in [-0.15, -0.1) is 0 Å². The van der Waals surface area contributed by atoms with Crippen LogP contribution < -0.4 is 0 Å². The first-order valence-corrected chi connectivity index (χ1v) is 6.60. The lowest BCUT2D eigenvalue weighted by molar-refractivity contribution is 1.16. The number of nitrogens with zero attached hydrogens (tertiary/aromatic N) is 3. The normalized spacial score (nSPS) is 10.4. The molecule has 0 aliphatic rings. The van der Waals surface area contributed by atoms with E-state index in [0.29, 0.717) is 5.82 Å². The molecule has 0 amide bonds. The molecule has 0 radical (unpaired) electrons. The summed E-state index contributed by atoms with van der Waals surface area (Å²) < 4.78 is 0.875. The number of hydrogen-bond acceptors (Lipinski definition) is 3. The van der Waals surface area contributed by atoms with Gasteiger partial charge in [-0.1, -0.05) is 24.3 Å². The maximum Gasteiger partial charge on any atom is 0.159 e. The predicted octanol–water partition coefficient (Wildman–Crippen LogP) is 3.97. The van der Waals surface area contributed by atoms with E-state index >= 15 is 0 Å². The van der Waals surface area contributed by atoms with Crippen LogP contribution in [0.15, 0.2) is 65.7 Å². The molecule has 0 spiro atoms. The van der Waals surface area contributed by atoms with Crippen molar-refractivity contribution in [2.45, 2.75) is 0 Å². The summed E-state index contributed by atoms with van der Waals surface area (Å²) in [5.74, 6) is 0.717. The number of pyridine rings is 1. The molecule has 19 heavy (non-hydrogen) atoms. The van der Waals surface area contributed by atoms with Crippen LogP contribution >= 0.6 is 15.9 Å². The average Bonchev–Trinajstić information content (AvgIpc) is 2.49. The number of halogens is 1. The number of hydrogen-bond donors (Lipinski definition) is 0. The van der Waals surface area contributed by atoms with Gasteiger partial charge in [0.05, 0.1) is 4.47 Å². The van der Waals surface area contributed by atoms with Gasteiger partial charge in [0.25, 0.3) is 0 Å². The van der Waals surface area contributed by atoms with Crippen LogP contribution in [0.4, 0.5) is 0 Å². The molecule has 4 heteroatoms. The van der Waals surface area contributed by atoms with Crippen molar-refractivity contribution in [3.8, 4) is 22.5 Å². The molecule has 0 unspecified atom stereocenters. The summed E-state index contributed by atoms with van der Waals surface area (Å²) in [5, 5.41) is 0. The van der Waals surface area contributed by atoms with Crippen molar-refractivity contribution in [1.29, 1.82) is 0 Å². The zero-order chi connectivity index (χ0) is 13.1. The van der Waals surface area contributed by atoms with Crippen molar-refractivity contribution in [2.24, 2.45) is 0 Å². The lowest BCUT2D eigenvalue weighted by atomic mass is 10.0. The highest BCUT2D eigenvalue weighted by Gasteiger charge is 2.03. The minimum atomic E-state index is 0.717. The third-order valence-corrected chi connectivity index (χ3v) is 3.15. The van der Waals surface area contributed by atoms with Crippen molar-refractivity contribution in [2.75, 3.05) is 0 Å².